The summed E-state index contributed by atoms with van der Waals surface area (Å²) < 4.78 is 0. The minimum absolute atomic E-state index is 0.104. The number of anilines is 1. The van der Waals surface area contributed by atoms with Gasteiger partial charge in [0.25, 0.3) is 0 Å². The normalized spacial score (nSPS) is 12.5. The zero-order valence-corrected chi connectivity index (χ0v) is 7.09. The van der Waals surface area contributed by atoms with Crippen molar-refractivity contribution in [2.24, 2.45) is 0 Å². The Bertz CT molecular complexity index is 244. The maximum atomic E-state index is 11.2. The molecule has 66 valence electrons. The van der Waals surface area contributed by atoms with E-state index >= 15 is 0 Å². The Balaban J connectivity index is 2.47. The second-order valence-corrected chi connectivity index (χ2v) is 2.44. The SMILES string of the molecule is CNC(C)C(=O)Nc1ncc[nH]1. The van der Waals surface area contributed by atoms with Crippen molar-refractivity contribution in [3.63, 3.8) is 0 Å². The summed E-state index contributed by atoms with van der Waals surface area (Å²) in [5, 5.41) is 5.43. The fourth-order valence-corrected chi connectivity index (χ4v) is 0.690. The third-order valence-electron chi connectivity index (χ3n) is 1.57. The molecule has 3 N–H and O–H groups in total. The molecule has 0 spiro atoms. The van der Waals surface area contributed by atoms with Gasteiger partial charge in [0.05, 0.1) is 6.04 Å². The Kier molecular flexibility index (Phi) is 2.82. The highest BCUT2D eigenvalue weighted by atomic mass is 16.2. The van der Waals surface area contributed by atoms with Gasteiger partial charge >= 0.3 is 0 Å². The highest BCUT2D eigenvalue weighted by Gasteiger charge is 2.10. The first kappa shape index (κ1) is 8.73. The van der Waals surface area contributed by atoms with Crippen LogP contribution in [-0.2, 0) is 4.79 Å². The lowest BCUT2D eigenvalue weighted by molar-refractivity contribution is -0.117. The molecule has 0 saturated carbocycles. The Morgan fingerprint density at radius 2 is 2.50 bits per heavy atom. The zero-order chi connectivity index (χ0) is 8.97. The van der Waals surface area contributed by atoms with Crippen LogP contribution in [0.15, 0.2) is 12.4 Å². The third kappa shape index (κ3) is 2.06. The van der Waals surface area contributed by atoms with Crippen molar-refractivity contribution in [1.82, 2.24) is 15.3 Å². The topological polar surface area (TPSA) is 69.8 Å². The maximum absolute atomic E-state index is 11.2. The molecule has 1 aromatic rings. The molecule has 1 unspecified atom stereocenters. The van der Waals surface area contributed by atoms with E-state index in [9.17, 15) is 4.79 Å². The van der Waals surface area contributed by atoms with Crippen LogP contribution in [-0.4, -0.2) is 29.0 Å². The molecule has 0 bridgehead atoms. The molecule has 0 fully saturated rings. The number of rotatable bonds is 3. The second-order valence-electron chi connectivity index (χ2n) is 2.44. The van der Waals surface area contributed by atoms with Crippen LogP contribution in [0.2, 0.25) is 0 Å². The van der Waals surface area contributed by atoms with Crippen LogP contribution in [0.25, 0.3) is 0 Å². The van der Waals surface area contributed by atoms with Gasteiger partial charge in [-0.3, -0.25) is 10.1 Å². The molecule has 0 radical (unpaired) electrons. The molecule has 0 saturated heterocycles. The highest BCUT2D eigenvalue weighted by molar-refractivity contribution is 5.92. The number of carbonyl (C=O) groups is 1. The Morgan fingerprint density at radius 1 is 1.75 bits per heavy atom. The van der Waals surface area contributed by atoms with Crippen LogP contribution in [0.3, 0.4) is 0 Å². The van der Waals surface area contributed by atoms with Crippen molar-refractivity contribution in [1.29, 1.82) is 0 Å². The van der Waals surface area contributed by atoms with Crippen LogP contribution in [0.4, 0.5) is 5.95 Å². The number of imidazole rings is 1. The van der Waals surface area contributed by atoms with E-state index in [0.29, 0.717) is 5.95 Å². The van der Waals surface area contributed by atoms with Gasteiger partial charge in [-0.2, -0.15) is 0 Å². The maximum Gasteiger partial charge on any atom is 0.243 e. The second kappa shape index (κ2) is 3.87. The van der Waals surface area contributed by atoms with Crippen molar-refractivity contribution >= 4 is 11.9 Å². The predicted molar refractivity (Wildman–Crippen MR) is 45.7 cm³/mol. The van der Waals surface area contributed by atoms with Gasteiger partial charge in [-0.05, 0) is 14.0 Å². The van der Waals surface area contributed by atoms with E-state index in [1.807, 2.05) is 0 Å². The van der Waals surface area contributed by atoms with E-state index in [-0.39, 0.29) is 11.9 Å². The van der Waals surface area contributed by atoms with Gasteiger partial charge in [0.2, 0.25) is 11.9 Å². The molecule has 1 rings (SSSR count). The minimum Gasteiger partial charge on any atom is -0.331 e. The van der Waals surface area contributed by atoms with Gasteiger partial charge < -0.3 is 10.3 Å². The van der Waals surface area contributed by atoms with E-state index < -0.39 is 0 Å². The zero-order valence-electron chi connectivity index (χ0n) is 7.09. The highest BCUT2D eigenvalue weighted by Crippen LogP contribution is 1.95. The molecule has 1 atom stereocenters. The molecule has 5 nitrogen and oxygen atoms in total. The number of nitrogens with zero attached hydrogens (tertiary/aromatic N) is 1. The molecule has 0 aliphatic carbocycles. The van der Waals surface area contributed by atoms with Gasteiger partial charge in [-0.1, -0.05) is 0 Å². The molecule has 0 aliphatic heterocycles. The molecule has 1 amide bonds. The summed E-state index contributed by atoms with van der Waals surface area (Å²) in [6.45, 7) is 1.78. The van der Waals surface area contributed by atoms with Crippen LogP contribution >= 0.6 is 0 Å². The van der Waals surface area contributed by atoms with Gasteiger partial charge in [-0.25, -0.2) is 4.98 Å². The van der Waals surface area contributed by atoms with Crippen LogP contribution in [0, 0.1) is 0 Å². The van der Waals surface area contributed by atoms with E-state index in [2.05, 4.69) is 20.6 Å². The largest absolute Gasteiger partial charge is 0.331 e. The summed E-state index contributed by atoms with van der Waals surface area (Å²) in [5.74, 6) is 0.370. The third-order valence-corrected chi connectivity index (χ3v) is 1.57. The van der Waals surface area contributed by atoms with Crippen LogP contribution in [0.1, 0.15) is 6.92 Å². The van der Waals surface area contributed by atoms with E-state index in [1.165, 1.54) is 0 Å². The lowest BCUT2D eigenvalue weighted by Crippen LogP contribution is -2.35. The number of nitrogens with one attached hydrogen (secondary N) is 3. The molecule has 5 heteroatoms. The average Bonchev–Trinajstić information content (AvgIpc) is 2.55. The number of carbonyl (C=O) groups excluding carboxylic acids is 1. The summed E-state index contributed by atoms with van der Waals surface area (Å²) >= 11 is 0. The predicted octanol–water partition coefficient (Wildman–Crippen LogP) is -0.0439. The number of aromatic amines is 1. The van der Waals surface area contributed by atoms with Crippen molar-refractivity contribution < 1.29 is 4.79 Å². The molecular formula is C7H12N4O. The molecular weight excluding hydrogens is 156 g/mol. The number of aromatic nitrogens is 2. The molecule has 0 aromatic carbocycles. The lowest BCUT2D eigenvalue weighted by Gasteiger charge is -2.08. The first-order valence-electron chi connectivity index (χ1n) is 3.71. The van der Waals surface area contributed by atoms with Crippen LogP contribution in [0.5, 0.6) is 0 Å². The Hall–Kier alpha value is -1.36. The van der Waals surface area contributed by atoms with Crippen LogP contribution < -0.4 is 10.6 Å². The number of likely N-dealkylation sites (N-methyl/N-ethyl adjacent to an activating group) is 1. The summed E-state index contributed by atoms with van der Waals surface area (Å²) in [4.78, 5) is 17.8. The van der Waals surface area contributed by atoms with Gasteiger partial charge in [0.15, 0.2) is 0 Å². The fourth-order valence-electron chi connectivity index (χ4n) is 0.690. The van der Waals surface area contributed by atoms with E-state index in [1.54, 1.807) is 26.4 Å². The molecule has 1 heterocycles. The number of amides is 1. The Labute approximate surface area is 70.6 Å². The average molecular weight is 168 g/mol. The smallest absolute Gasteiger partial charge is 0.243 e. The van der Waals surface area contributed by atoms with Gasteiger partial charge in [0, 0.05) is 12.4 Å². The minimum atomic E-state index is -0.213. The quantitative estimate of drug-likeness (QED) is 0.593. The summed E-state index contributed by atoms with van der Waals surface area (Å²) in [7, 11) is 1.73. The number of H-pyrrole nitrogens is 1. The number of hydrogen-bond acceptors (Lipinski definition) is 3. The van der Waals surface area contributed by atoms with Gasteiger partial charge in [-0.15, -0.1) is 0 Å². The summed E-state index contributed by atoms with van der Waals surface area (Å²) in [6.07, 6.45) is 3.24. The summed E-state index contributed by atoms with van der Waals surface area (Å²) in [6, 6.07) is -0.213. The van der Waals surface area contributed by atoms with Gasteiger partial charge in [0.1, 0.15) is 0 Å². The first-order chi connectivity index (χ1) is 5.74. The first-order valence-corrected chi connectivity index (χ1v) is 3.71. The molecule has 1 aromatic heterocycles. The fraction of sp³-hybridized carbons (Fsp3) is 0.429. The van der Waals surface area contributed by atoms with Crippen molar-refractivity contribution in [2.45, 2.75) is 13.0 Å². The van der Waals surface area contributed by atoms with E-state index in [0.717, 1.165) is 0 Å². The van der Waals surface area contributed by atoms with Crippen molar-refractivity contribution in [2.75, 3.05) is 12.4 Å². The standard InChI is InChI=1S/C7H12N4O/c1-5(8-2)6(12)11-7-9-3-4-10-7/h3-5,8H,1-2H3,(H2,9,10,11,12). The van der Waals surface area contributed by atoms with Crippen molar-refractivity contribution in [3.05, 3.63) is 12.4 Å². The lowest BCUT2D eigenvalue weighted by atomic mass is 10.3. The molecule has 12 heavy (non-hydrogen) atoms. The van der Waals surface area contributed by atoms with E-state index in [4.69, 9.17) is 0 Å². The number of hydrogen-bond donors (Lipinski definition) is 3. The monoisotopic (exact) mass is 168 g/mol. The Morgan fingerprint density at radius 3 is 3.00 bits per heavy atom. The van der Waals surface area contributed by atoms with Crippen molar-refractivity contribution in [3.8, 4) is 0 Å². The summed E-state index contributed by atoms with van der Waals surface area (Å²) in [5.41, 5.74) is 0. The molecule has 0 aliphatic rings.